The molecule has 0 amide bonds. The molecule has 0 fully saturated rings. The van der Waals surface area contributed by atoms with Gasteiger partial charge in [-0.15, -0.1) is 0 Å². The summed E-state index contributed by atoms with van der Waals surface area (Å²) in [4.78, 5) is 4.43. The highest BCUT2D eigenvalue weighted by Crippen LogP contribution is 2.39. The molecule has 0 aliphatic heterocycles. The Hall–Kier alpha value is -2.01. The molecule has 1 aromatic heterocycles. The predicted octanol–water partition coefficient (Wildman–Crippen LogP) is 6.50. The van der Waals surface area contributed by atoms with Crippen LogP contribution in [0.25, 0.3) is 0 Å². The van der Waals surface area contributed by atoms with Crippen LogP contribution in [-0.4, -0.2) is 10.1 Å². The van der Waals surface area contributed by atoms with Crippen molar-refractivity contribution in [3.8, 4) is 5.75 Å². The third kappa shape index (κ3) is 5.18. The monoisotopic (exact) mass is 419 g/mol. The largest absolute Gasteiger partial charge is 0.481 e. The van der Waals surface area contributed by atoms with Crippen LogP contribution in [-0.2, 0) is 22.0 Å². The van der Waals surface area contributed by atoms with E-state index in [-0.39, 0.29) is 22.7 Å². The minimum atomic E-state index is -1.44. The van der Waals surface area contributed by atoms with Gasteiger partial charge in [0.1, 0.15) is 28.5 Å². The Balaban J connectivity index is 2.63. The standard InChI is InChI=1S/C25H35F2NO2/c1-22(2,3)15-11-12-17(26)16(13-15)25(9,10)30-19-14-18(27)20(24(7,8)29)28-21(19)23(4,5)6/h11-14,29H,1-10H3. The second-order valence-corrected chi connectivity index (χ2v) is 11.0. The summed E-state index contributed by atoms with van der Waals surface area (Å²) in [6, 6.07) is 6.27. The van der Waals surface area contributed by atoms with Crippen molar-refractivity contribution >= 4 is 0 Å². The van der Waals surface area contributed by atoms with Crippen molar-refractivity contribution in [2.45, 2.75) is 91.3 Å². The summed E-state index contributed by atoms with van der Waals surface area (Å²) in [7, 11) is 0. The first-order valence-electron chi connectivity index (χ1n) is 10.3. The van der Waals surface area contributed by atoms with Crippen LogP contribution < -0.4 is 4.74 Å². The molecule has 1 N–H and O–H groups in total. The minimum Gasteiger partial charge on any atom is -0.481 e. The maximum Gasteiger partial charge on any atom is 0.151 e. The normalized spacial score (nSPS) is 13.5. The van der Waals surface area contributed by atoms with E-state index >= 15 is 0 Å². The molecule has 0 radical (unpaired) electrons. The molecule has 3 nitrogen and oxygen atoms in total. The number of halogens is 2. The average molecular weight is 420 g/mol. The van der Waals surface area contributed by atoms with E-state index in [0.29, 0.717) is 11.3 Å². The number of benzene rings is 1. The Morgan fingerprint density at radius 3 is 1.80 bits per heavy atom. The molecule has 1 heterocycles. The van der Waals surface area contributed by atoms with Gasteiger partial charge in [-0.3, -0.25) is 0 Å². The highest BCUT2D eigenvalue weighted by molar-refractivity contribution is 5.39. The molecule has 30 heavy (non-hydrogen) atoms. The number of pyridine rings is 1. The van der Waals surface area contributed by atoms with Gasteiger partial charge in [0.05, 0.1) is 5.69 Å². The molecule has 0 saturated heterocycles. The molecule has 0 unspecified atom stereocenters. The van der Waals surface area contributed by atoms with Crippen molar-refractivity contribution in [3.05, 3.63) is 58.4 Å². The van der Waals surface area contributed by atoms with Gasteiger partial charge < -0.3 is 9.84 Å². The first kappa shape index (κ1) is 24.3. The molecular formula is C25H35F2NO2. The third-order valence-electron chi connectivity index (χ3n) is 5.08. The lowest BCUT2D eigenvalue weighted by atomic mass is 9.83. The van der Waals surface area contributed by atoms with Crippen LogP contribution in [0.4, 0.5) is 8.78 Å². The van der Waals surface area contributed by atoms with Crippen LogP contribution in [0.15, 0.2) is 24.3 Å². The van der Waals surface area contributed by atoms with Gasteiger partial charge in [-0.05, 0) is 50.8 Å². The van der Waals surface area contributed by atoms with Crippen LogP contribution in [0.2, 0.25) is 0 Å². The molecule has 2 rings (SSSR count). The Morgan fingerprint density at radius 1 is 0.767 bits per heavy atom. The van der Waals surface area contributed by atoms with E-state index in [9.17, 15) is 13.9 Å². The van der Waals surface area contributed by atoms with Gasteiger partial charge >= 0.3 is 0 Å². The average Bonchev–Trinajstić information content (AvgIpc) is 2.51. The number of nitrogens with zero attached hydrogens (tertiary/aromatic N) is 1. The highest BCUT2D eigenvalue weighted by Gasteiger charge is 2.34. The summed E-state index contributed by atoms with van der Waals surface area (Å²) in [5.74, 6) is -0.810. The molecule has 0 bridgehead atoms. The van der Waals surface area contributed by atoms with E-state index in [0.717, 1.165) is 5.56 Å². The Kier molecular flexibility index (Phi) is 6.14. The predicted molar refractivity (Wildman–Crippen MR) is 117 cm³/mol. The minimum absolute atomic E-state index is 0.0431. The lowest BCUT2D eigenvalue weighted by Crippen LogP contribution is -2.31. The van der Waals surface area contributed by atoms with Gasteiger partial charge in [0.2, 0.25) is 0 Å². The molecule has 0 aliphatic carbocycles. The van der Waals surface area contributed by atoms with Crippen molar-refractivity contribution in [1.82, 2.24) is 4.98 Å². The van der Waals surface area contributed by atoms with Gasteiger partial charge in [0.15, 0.2) is 5.82 Å². The summed E-state index contributed by atoms with van der Waals surface area (Å²) >= 11 is 0. The van der Waals surface area contributed by atoms with Gasteiger partial charge in [-0.2, -0.15) is 0 Å². The molecule has 0 atom stereocenters. The quantitative estimate of drug-likeness (QED) is 0.615. The van der Waals surface area contributed by atoms with Crippen LogP contribution in [0.3, 0.4) is 0 Å². The SMILES string of the molecule is CC(C)(C)c1ccc(F)c(C(C)(C)Oc2cc(F)c(C(C)(C)O)nc2C(C)(C)C)c1. The van der Waals surface area contributed by atoms with Crippen molar-refractivity contribution in [3.63, 3.8) is 0 Å². The summed E-state index contributed by atoms with van der Waals surface area (Å²) in [5.41, 5.74) is -1.32. The molecule has 166 valence electrons. The van der Waals surface area contributed by atoms with E-state index in [2.05, 4.69) is 25.8 Å². The second-order valence-electron chi connectivity index (χ2n) is 11.0. The summed E-state index contributed by atoms with van der Waals surface area (Å²) in [6.07, 6.45) is 0. The van der Waals surface area contributed by atoms with E-state index < -0.39 is 22.4 Å². The Labute approximate surface area is 179 Å². The fourth-order valence-electron chi connectivity index (χ4n) is 3.30. The number of aliphatic hydroxyl groups is 1. The zero-order valence-corrected chi connectivity index (χ0v) is 19.9. The van der Waals surface area contributed by atoms with Crippen LogP contribution in [0, 0.1) is 11.6 Å². The van der Waals surface area contributed by atoms with Gasteiger partial charge in [-0.25, -0.2) is 13.8 Å². The topological polar surface area (TPSA) is 42.4 Å². The molecule has 5 heteroatoms. The van der Waals surface area contributed by atoms with Gasteiger partial charge in [-0.1, -0.05) is 47.6 Å². The first-order chi connectivity index (χ1) is 13.3. The van der Waals surface area contributed by atoms with Crippen LogP contribution >= 0.6 is 0 Å². The van der Waals surface area contributed by atoms with E-state index in [4.69, 9.17) is 4.74 Å². The second kappa shape index (κ2) is 7.60. The summed E-state index contributed by atoms with van der Waals surface area (Å²) < 4.78 is 35.8. The summed E-state index contributed by atoms with van der Waals surface area (Å²) in [6.45, 7) is 18.5. The maximum absolute atomic E-state index is 14.8. The number of rotatable bonds is 4. The van der Waals surface area contributed by atoms with Crippen LogP contribution in [0.1, 0.15) is 91.8 Å². The van der Waals surface area contributed by atoms with Crippen molar-refractivity contribution < 1.29 is 18.6 Å². The molecular weight excluding hydrogens is 384 g/mol. The zero-order chi connectivity index (χ0) is 23.3. The number of hydrogen-bond donors (Lipinski definition) is 1. The van der Waals surface area contributed by atoms with Crippen LogP contribution in [0.5, 0.6) is 5.75 Å². The molecule has 0 aliphatic rings. The fraction of sp³-hybridized carbons (Fsp3) is 0.560. The Morgan fingerprint density at radius 2 is 1.33 bits per heavy atom. The van der Waals surface area contributed by atoms with E-state index in [1.54, 1.807) is 26.0 Å². The molecule has 0 saturated carbocycles. The lowest BCUT2D eigenvalue weighted by molar-refractivity contribution is 0.0673. The molecule has 1 aromatic carbocycles. The third-order valence-corrected chi connectivity index (χ3v) is 5.08. The van der Waals surface area contributed by atoms with Crippen molar-refractivity contribution in [1.29, 1.82) is 0 Å². The van der Waals surface area contributed by atoms with E-state index in [1.807, 2.05) is 20.8 Å². The fourth-order valence-corrected chi connectivity index (χ4v) is 3.30. The first-order valence-corrected chi connectivity index (χ1v) is 10.3. The zero-order valence-electron chi connectivity index (χ0n) is 19.9. The summed E-state index contributed by atoms with van der Waals surface area (Å²) in [5, 5.41) is 10.3. The number of aromatic nitrogens is 1. The van der Waals surface area contributed by atoms with Crippen molar-refractivity contribution in [2.75, 3.05) is 0 Å². The smallest absolute Gasteiger partial charge is 0.151 e. The highest BCUT2D eigenvalue weighted by atomic mass is 19.1. The lowest BCUT2D eigenvalue weighted by Gasteiger charge is -2.32. The molecule has 2 aromatic rings. The van der Waals surface area contributed by atoms with Crippen molar-refractivity contribution in [2.24, 2.45) is 0 Å². The van der Waals surface area contributed by atoms with E-state index in [1.165, 1.54) is 26.0 Å². The molecule has 0 spiro atoms. The van der Waals surface area contributed by atoms with Gasteiger partial charge in [0, 0.05) is 17.0 Å². The van der Waals surface area contributed by atoms with Gasteiger partial charge in [0.25, 0.3) is 0 Å². The maximum atomic E-state index is 14.8. The number of ether oxygens (including phenoxy) is 1. The number of hydrogen-bond acceptors (Lipinski definition) is 3. The Bertz CT molecular complexity index is 930.